The summed E-state index contributed by atoms with van der Waals surface area (Å²) in [6.07, 6.45) is 0.645. The van der Waals surface area contributed by atoms with Gasteiger partial charge >= 0.3 is 0 Å². The van der Waals surface area contributed by atoms with E-state index in [4.69, 9.17) is 0 Å². The van der Waals surface area contributed by atoms with E-state index in [1.165, 1.54) is 6.07 Å². The number of rotatable bonds is 3. The number of benzene rings is 1. The van der Waals surface area contributed by atoms with Crippen LogP contribution in [0.25, 0.3) is 0 Å². The summed E-state index contributed by atoms with van der Waals surface area (Å²) in [6.45, 7) is 1.88. The van der Waals surface area contributed by atoms with Gasteiger partial charge in [-0.15, -0.1) is 0 Å². The van der Waals surface area contributed by atoms with E-state index >= 15 is 0 Å². The Morgan fingerprint density at radius 1 is 1.54 bits per heavy atom. The Morgan fingerprint density at radius 2 is 2.23 bits per heavy atom. The Labute approximate surface area is 82.3 Å². The highest BCUT2D eigenvalue weighted by Crippen LogP contribution is 2.22. The Balaban J connectivity index is 3.17. The smallest absolute Gasteiger partial charge is 0.258 e. The molecule has 1 aromatic rings. The Bertz CT molecular complexity index is 325. The standard InChI is InChI=1S/C9H11NO2S/c1-7-3-2-4-9(10(11)12)8(7)5-6-13/h2-4,13H,5-6H2,1H3. The second-order valence-corrected chi connectivity index (χ2v) is 3.25. The van der Waals surface area contributed by atoms with Gasteiger partial charge in [-0.3, -0.25) is 10.1 Å². The van der Waals surface area contributed by atoms with Crippen molar-refractivity contribution in [3.05, 3.63) is 39.4 Å². The van der Waals surface area contributed by atoms with Crippen molar-refractivity contribution in [3.63, 3.8) is 0 Å². The average Bonchev–Trinajstić information content (AvgIpc) is 2.08. The molecule has 0 amide bonds. The molecular weight excluding hydrogens is 186 g/mol. The van der Waals surface area contributed by atoms with Gasteiger partial charge in [0.05, 0.1) is 4.92 Å². The third-order valence-electron chi connectivity index (χ3n) is 1.94. The molecular formula is C9H11NO2S. The van der Waals surface area contributed by atoms with Crippen molar-refractivity contribution in [2.45, 2.75) is 13.3 Å². The molecule has 1 aromatic carbocycles. The highest BCUT2D eigenvalue weighted by Gasteiger charge is 2.13. The van der Waals surface area contributed by atoms with Crippen LogP contribution in [0.15, 0.2) is 18.2 Å². The zero-order valence-electron chi connectivity index (χ0n) is 7.36. The molecule has 0 aliphatic carbocycles. The number of nitro benzene ring substituents is 1. The van der Waals surface area contributed by atoms with Gasteiger partial charge in [-0.2, -0.15) is 12.6 Å². The lowest BCUT2D eigenvalue weighted by atomic mass is 10.0. The van der Waals surface area contributed by atoms with Gasteiger partial charge in [0.2, 0.25) is 0 Å². The number of thiol groups is 1. The van der Waals surface area contributed by atoms with E-state index in [1.807, 2.05) is 13.0 Å². The van der Waals surface area contributed by atoms with Crippen molar-refractivity contribution in [1.29, 1.82) is 0 Å². The molecule has 0 bridgehead atoms. The number of aryl methyl sites for hydroxylation is 1. The van der Waals surface area contributed by atoms with Crippen LogP contribution in [0.2, 0.25) is 0 Å². The normalized spacial score (nSPS) is 10.0. The van der Waals surface area contributed by atoms with Gasteiger partial charge in [-0.1, -0.05) is 12.1 Å². The third kappa shape index (κ3) is 2.21. The number of nitro groups is 1. The van der Waals surface area contributed by atoms with Crippen molar-refractivity contribution < 1.29 is 4.92 Å². The monoisotopic (exact) mass is 197 g/mol. The maximum atomic E-state index is 10.6. The lowest BCUT2D eigenvalue weighted by Crippen LogP contribution is -1.98. The second kappa shape index (κ2) is 4.28. The number of hydrogen-bond acceptors (Lipinski definition) is 3. The van der Waals surface area contributed by atoms with Crippen molar-refractivity contribution in [1.82, 2.24) is 0 Å². The van der Waals surface area contributed by atoms with E-state index in [9.17, 15) is 10.1 Å². The Kier molecular flexibility index (Phi) is 3.31. The molecule has 0 aliphatic rings. The zero-order chi connectivity index (χ0) is 9.84. The van der Waals surface area contributed by atoms with Crippen LogP contribution in [0, 0.1) is 17.0 Å². The second-order valence-electron chi connectivity index (χ2n) is 2.80. The molecule has 0 spiro atoms. The first-order valence-electron chi connectivity index (χ1n) is 4.00. The van der Waals surface area contributed by atoms with Crippen molar-refractivity contribution in [3.8, 4) is 0 Å². The minimum absolute atomic E-state index is 0.203. The highest BCUT2D eigenvalue weighted by molar-refractivity contribution is 7.80. The van der Waals surface area contributed by atoms with Crippen molar-refractivity contribution in [2.75, 3.05) is 5.75 Å². The molecule has 0 aromatic heterocycles. The molecule has 70 valence electrons. The Hall–Kier alpha value is -1.03. The fourth-order valence-corrected chi connectivity index (χ4v) is 1.52. The molecule has 13 heavy (non-hydrogen) atoms. The van der Waals surface area contributed by atoms with Crippen LogP contribution in [0.3, 0.4) is 0 Å². The molecule has 0 N–H and O–H groups in total. The maximum Gasteiger partial charge on any atom is 0.272 e. The molecule has 0 fully saturated rings. The number of hydrogen-bond donors (Lipinski definition) is 1. The van der Waals surface area contributed by atoms with Gasteiger partial charge in [0.25, 0.3) is 5.69 Å². The van der Waals surface area contributed by atoms with Crippen LogP contribution in [0.4, 0.5) is 5.69 Å². The molecule has 0 atom stereocenters. The fourth-order valence-electron chi connectivity index (χ4n) is 1.29. The van der Waals surface area contributed by atoms with Crippen LogP contribution < -0.4 is 0 Å². The first kappa shape index (κ1) is 10.1. The minimum atomic E-state index is -0.341. The van der Waals surface area contributed by atoms with Gasteiger partial charge < -0.3 is 0 Å². The van der Waals surface area contributed by atoms with Crippen LogP contribution in [0.5, 0.6) is 0 Å². The largest absolute Gasteiger partial charge is 0.272 e. The molecule has 4 heteroatoms. The zero-order valence-corrected chi connectivity index (χ0v) is 8.25. The molecule has 0 radical (unpaired) electrons. The molecule has 0 unspecified atom stereocenters. The summed E-state index contributed by atoms with van der Waals surface area (Å²) >= 11 is 4.07. The predicted octanol–water partition coefficient (Wildman–Crippen LogP) is 2.38. The van der Waals surface area contributed by atoms with Crippen molar-refractivity contribution >= 4 is 18.3 Å². The summed E-state index contributed by atoms with van der Waals surface area (Å²) in [5, 5.41) is 10.6. The molecule has 0 aliphatic heterocycles. The lowest BCUT2D eigenvalue weighted by Gasteiger charge is -2.03. The van der Waals surface area contributed by atoms with E-state index in [-0.39, 0.29) is 10.6 Å². The van der Waals surface area contributed by atoms with Gasteiger partial charge in [-0.25, -0.2) is 0 Å². The minimum Gasteiger partial charge on any atom is -0.258 e. The summed E-state index contributed by atoms with van der Waals surface area (Å²) in [6, 6.07) is 5.12. The molecule has 3 nitrogen and oxygen atoms in total. The van der Waals surface area contributed by atoms with E-state index in [2.05, 4.69) is 12.6 Å². The molecule has 0 saturated heterocycles. The predicted molar refractivity (Wildman–Crippen MR) is 55.4 cm³/mol. The van der Waals surface area contributed by atoms with Crippen LogP contribution in [-0.2, 0) is 6.42 Å². The lowest BCUT2D eigenvalue weighted by molar-refractivity contribution is -0.385. The topological polar surface area (TPSA) is 43.1 Å². The van der Waals surface area contributed by atoms with Crippen LogP contribution >= 0.6 is 12.6 Å². The van der Waals surface area contributed by atoms with Crippen LogP contribution in [-0.4, -0.2) is 10.7 Å². The van der Waals surface area contributed by atoms with Gasteiger partial charge in [0.15, 0.2) is 0 Å². The average molecular weight is 197 g/mol. The summed E-state index contributed by atoms with van der Waals surface area (Å²) < 4.78 is 0. The van der Waals surface area contributed by atoms with Crippen molar-refractivity contribution in [2.24, 2.45) is 0 Å². The van der Waals surface area contributed by atoms with Gasteiger partial charge in [0, 0.05) is 11.6 Å². The van der Waals surface area contributed by atoms with Crippen LogP contribution in [0.1, 0.15) is 11.1 Å². The van der Waals surface area contributed by atoms with E-state index in [1.54, 1.807) is 6.07 Å². The summed E-state index contributed by atoms with van der Waals surface area (Å²) in [5.41, 5.74) is 1.96. The van der Waals surface area contributed by atoms with E-state index in [0.717, 1.165) is 11.1 Å². The van der Waals surface area contributed by atoms with Gasteiger partial charge in [-0.05, 0) is 24.7 Å². The summed E-state index contributed by atoms with van der Waals surface area (Å²) in [4.78, 5) is 10.3. The number of nitrogens with zero attached hydrogens (tertiary/aromatic N) is 1. The third-order valence-corrected chi connectivity index (χ3v) is 2.17. The van der Waals surface area contributed by atoms with E-state index in [0.29, 0.717) is 12.2 Å². The fraction of sp³-hybridized carbons (Fsp3) is 0.333. The maximum absolute atomic E-state index is 10.6. The molecule has 0 heterocycles. The first-order chi connectivity index (χ1) is 6.16. The van der Waals surface area contributed by atoms with Gasteiger partial charge in [0.1, 0.15) is 0 Å². The summed E-state index contributed by atoms with van der Waals surface area (Å²) in [5.74, 6) is 0.631. The van der Waals surface area contributed by atoms with E-state index < -0.39 is 0 Å². The molecule has 0 saturated carbocycles. The summed E-state index contributed by atoms with van der Waals surface area (Å²) in [7, 11) is 0. The SMILES string of the molecule is Cc1cccc([N+](=O)[O-])c1CCS. The first-order valence-corrected chi connectivity index (χ1v) is 4.64. The highest BCUT2D eigenvalue weighted by atomic mass is 32.1. The Morgan fingerprint density at radius 3 is 2.77 bits per heavy atom. The quantitative estimate of drug-likeness (QED) is 0.459. The molecule has 1 rings (SSSR count).